The fourth-order valence-corrected chi connectivity index (χ4v) is 7.48. The first-order valence-corrected chi connectivity index (χ1v) is 10.2. The summed E-state index contributed by atoms with van der Waals surface area (Å²) >= 11 is 0. The van der Waals surface area contributed by atoms with Crippen LogP contribution >= 0.6 is 0 Å². The van der Waals surface area contributed by atoms with Crippen LogP contribution in [0.2, 0.25) is 0 Å². The molecule has 0 amide bonds. The zero-order valence-electron chi connectivity index (χ0n) is 14.5. The number of carbonyl (C=O) groups is 1. The van der Waals surface area contributed by atoms with Crippen LogP contribution in [0.3, 0.4) is 0 Å². The molecule has 0 radical (unpaired) electrons. The molecule has 0 aromatic heterocycles. The minimum absolute atomic E-state index is 0.0743. The fourth-order valence-electron chi connectivity index (χ4n) is 7.48. The zero-order valence-corrected chi connectivity index (χ0v) is 14.5. The second-order valence-corrected chi connectivity index (χ2v) is 9.19. The molecule has 0 bridgehead atoms. The van der Waals surface area contributed by atoms with E-state index in [2.05, 4.69) is 12.2 Å². The lowest BCUT2D eigenvalue weighted by Gasteiger charge is -2.54. The topological polar surface area (TPSA) is 46.5 Å². The molecule has 9 atom stereocenters. The van der Waals surface area contributed by atoms with Gasteiger partial charge in [0.05, 0.1) is 12.5 Å². The molecule has 4 aliphatic carbocycles. The summed E-state index contributed by atoms with van der Waals surface area (Å²) in [5.41, 5.74) is 0. The molecule has 3 nitrogen and oxygen atoms in total. The summed E-state index contributed by atoms with van der Waals surface area (Å²) in [6, 6.07) is 0. The van der Waals surface area contributed by atoms with E-state index in [-0.39, 0.29) is 5.92 Å². The molecule has 0 aromatic carbocycles. The van der Waals surface area contributed by atoms with Crippen molar-refractivity contribution in [3.05, 3.63) is 12.2 Å². The minimum Gasteiger partial charge on any atom is -0.481 e. The van der Waals surface area contributed by atoms with Gasteiger partial charge < -0.3 is 9.84 Å². The molecule has 3 saturated carbocycles. The van der Waals surface area contributed by atoms with Gasteiger partial charge in [-0.3, -0.25) is 4.79 Å². The molecule has 5 aliphatic rings. The van der Waals surface area contributed by atoms with E-state index in [4.69, 9.17) is 4.74 Å². The highest BCUT2D eigenvalue weighted by molar-refractivity contribution is 5.70. The van der Waals surface area contributed by atoms with Crippen LogP contribution in [0, 0.1) is 53.3 Å². The second-order valence-electron chi connectivity index (χ2n) is 9.19. The maximum atomic E-state index is 11.7. The quantitative estimate of drug-likeness (QED) is 0.740. The molecule has 132 valence electrons. The van der Waals surface area contributed by atoms with E-state index >= 15 is 0 Å². The van der Waals surface area contributed by atoms with Gasteiger partial charge in [0.25, 0.3) is 0 Å². The Morgan fingerprint density at radius 2 is 1.46 bits per heavy atom. The van der Waals surface area contributed by atoms with E-state index in [0.29, 0.717) is 17.8 Å². The summed E-state index contributed by atoms with van der Waals surface area (Å²) in [5.74, 6) is 5.07. The summed E-state index contributed by atoms with van der Waals surface area (Å²) in [6.45, 7) is 1.96. The summed E-state index contributed by atoms with van der Waals surface area (Å²) < 4.78 is 5.80. The largest absolute Gasteiger partial charge is 0.481 e. The second kappa shape index (κ2) is 5.86. The first kappa shape index (κ1) is 15.4. The molecule has 9 unspecified atom stereocenters. The van der Waals surface area contributed by atoms with Gasteiger partial charge in [-0.05, 0) is 85.9 Å². The highest BCUT2D eigenvalue weighted by Crippen LogP contribution is 2.58. The molecule has 0 spiro atoms. The standard InChI is InChI=1S/C21H30O3/c22-21(23)19-3-1-2-13-15-7-9-18-14(16(15)6-8-17(13)19)5-4-12-10-24-11-20(12)18/h7,9,12-20H,1-6,8,10-11H2,(H,22,23). The smallest absolute Gasteiger partial charge is 0.306 e. The Bertz CT molecular complexity index is 541. The number of carboxylic acid groups (broad SMARTS) is 1. The highest BCUT2D eigenvalue weighted by Gasteiger charge is 2.52. The Morgan fingerprint density at radius 3 is 2.25 bits per heavy atom. The Balaban J connectivity index is 1.42. The van der Waals surface area contributed by atoms with E-state index in [1.807, 2.05) is 0 Å². The lowest BCUT2D eigenvalue weighted by atomic mass is 9.50. The summed E-state index contributed by atoms with van der Waals surface area (Å²) in [4.78, 5) is 11.7. The van der Waals surface area contributed by atoms with Gasteiger partial charge in [0.1, 0.15) is 0 Å². The van der Waals surface area contributed by atoms with Crippen LogP contribution in [0.4, 0.5) is 0 Å². The number of carboxylic acids is 1. The van der Waals surface area contributed by atoms with Crippen LogP contribution in [-0.4, -0.2) is 24.3 Å². The number of rotatable bonds is 1. The molecule has 5 rings (SSSR count). The summed E-state index contributed by atoms with van der Waals surface area (Å²) in [5, 5.41) is 9.63. The molecule has 0 aromatic rings. The van der Waals surface area contributed by atoms with Crippen molar-refractivity contribution in [1.29, 1.82) is 0 Å². The predicted octanol–water partition coefficient (Wildman–Crippen LogP) is 3.99. The van der Waals surface area contributed by atoms with Gasteiger partial charge in [-0.15, -0.1) is 0 Å². The first-order chi connectivity index (χ1) is 11.7. The predicted molar refractivity (Wildman–Crippen MR) is 91.3 cm³/mol. The van der Waals surface area contributed by atoms with E-state index in [0.717, 1.165) is 62.1 Å². The van der Waals surface area contributed by atoms with Crippen molar-refractivity contribution in [3.63, 3.8) is 0 Å². The van der Waals surface area contributed by atoms with E-state index < -0.39 is 5.97 Å². The SMILES string of the molecule is O=C(O)C1CCCC2C3C=CC4C5COCC5CCC4C3CCC12. The van der Waals surface area contributed by atoms with Crippen molar-refractivity contribution in [3.8, 4) is 0 Å². The van der Waals surface area contributed by atoms with Crippen LogP contribution in [-0.2, 0) is 9.53 Å². The molecule has 1 aliphatic heterocycles. The molecule has 24 heavy (non-hydrogen) atoms. The van der Waals surface area contributed by atoms with Gasteiger partial charge in [-0.25, -0.2) is 0 Å². The minimum atomic E-state index is -0.538. The molecule has 4 fully saturated rings. The van der Waals surface area contributed by atoms with Crippen molar-refractivity contribution in [2.24, 2.45) is 53.3 Å². The number of fused-ring (bicyclic) bond motifs is 7. The van der Waals surface area contributed by atoms with Crippen molar-refractivity contribution in [2.75, 3.05) is 13.2 Å². The van der Waals surface area contributed by atoms with Gasteiger partial charge in [-0.2, -0.15) is 0 Å². The summed E-state index contributed by atoms with van der Waals surface area (Å²) in [7, 11) is 0. The highest BCUT2D eigenvalue weighted by atomic mass is 16.5. The Kier molecular flexibility index (Phi) is 3.77. The van der Waals surface area contributed by atoms with Gasteiger partial charge in [0, 0.05) is 6.61 Å². The van der Waals surface area contributed by atoms with Gasteiger partial charge in [-0.1, -0.05) is 18.6 Å². The van der Waals surface area contributed by atoms with E-state index in [1.54, 1.807) is 0 Å². The van der Waals surface area contributed by atoms with Crippen molar-refractivity contribution in [2.45, 2.75) is 44.9 Å². The fraction of sp³-hybridized carbons (Fsp3) is 0.857. The van der Waals surface area contributed by atoms with Crippen LogP contribution in [0.25, 0.3) is 0 Å². The maximum Gasteiger partial charge on any atom is 0.306 e. The lowest BCUT2D eigenvalue weighted by molar-refractivity contribution is -0.148. The molecule has 3 heteroatoms. The molecule has 1 N–H and O–H groups in total. The number of aliphatic carboxylic acids is 1. The number of hydrogen-bond acceptors (Lipinski definition) is 2. The van der Waals surface area contributed by atoms with Crippen LogP contribution < -0.4 is 0 Å². The van der Waals surface area contributed by atoms with Crippen molar-refractivity contribution in [1.82, 2.24) is 0 Å². The van der Waals surface area contributed by atoms with E-state index in [9.17, 15) is 9.90 Å². The number of ether oxygens (including phenoxy) is 1. The third-order valence-electron chi connectivity index (χ3n) is 8.47. The molecule has 1 heterocycles. The Labute approximate surface area is 144 Å². The lowest BCUT2D eigenvalue weighted by Crippen LogP contribution is -2.49. The third-order valence-corrected chi connectivity index (χ3v) is 8.47. The normalized spacial score (nSPS) is 52.8. The first-order valence-electron chi connectivity index (χ1n) is 10.2. The molecular weight excluding hydrogens is 300 g/mol. The van der Waals surface area contributed by atoms with Crippen LogP contribution in [0.1, 0.15) is 44.9 Å². The zero-order chi connectivity index (χ0) is 16.3. The van der Waals surface area contributed by atoms with E-state index in [1.165, 1.54) is 25.7 Å². The average Bonchev–Trinajstić information content (AvgIpc) is 3.09. The average molecular weight is 330 g/mol. The third kappa shape index (κ3) is 2.23. The van der Waals surface area contributed by atoms with Crippen molar-refractivity contribution < 1.29 is 14.6 Å². The Hall–Kier alpha value is -0.830. The van der Waals surface area contributed by atoms with Gasteiger partial charge >= 0.3 is 5.97 Å². The molecular formula is C21H30O3. The van der Waals surface area contributed by atoms with Gasteiger partial charge in [0.15, 0.2) is 0 Å². The van der Waals surface area contributed by atoms with Crippen LogP contribution in [0.15, 0.2) is 12.2 Å². The van der Waals surface area contributed by atoms with Crippen LogP contribution in [0.5, 0.6) is 0 Å². The monoisotopic (exact) mass is 330 g/mol. The summed E-state index contributed by atoms with van der Waals surface area (Å²) in [6.07, 6.45) is 13.5. The number of allylic oxidation sites excluding steroid dienone is 2. The van der Waals surface area contributed by atoms with Gasteiger partial charge in [0.2, 0.25) is 0 Å². The number of hydrogen-bond donors (Lipinski definition) is 1. The molecule has 1 saturated heterocycles. The maximum absolute atomic E-state index is 11.7. The van der Waals surface area contributed by atoms with Crippen molar-refractivity contribution >= 4 is 5.97 Å². The Morgan fingerprint density at radius 1 is 0.792 bits per heavy atom.